The Morgan fingerprint density at radius 3 is 2.38 bits per heavy atom. The lowest BCUT2D eigenvalue weighted by molar-refractivity contribution is -0.158. The van der Waals surface area contributed by atoms with Gasteiger partial charge in [-0.25, -0.2) is 4.72 Å². The van der Waals surface area contributed by atoms with Crippen molar-refractivity contribution in [1.82, 2.24) is 14.7 Å². The molecule has 2 bridgehead atoms. The van der Waals surface area contributed by atoms with E-state index in [4.69, 9.17) is 9.11 Å². The minimum Gasteiger partial charge on any atom is -0.289 e. The maximum Gasteiger partial charge on any atom is 0.413 e. The number of carbonyl (C=O) groups is 1. The van der Waals surface area contributed by atoms with Gasteiger partial charge in [0, 0.05) is 25.7 Å². The first-order chi connectivity index (χ1) is 9.55. The van der Waals surface area contributed by atoms with Gasteiger partial charge in [-0.05, 0) is 12.8 Å². The Bertz CT molecular complexity index is 617. The van der Waals surface area contributed by atoms with Crippen LogP contribution in [0.2, 0.25) is 0 Å². The number of nitrogens with one attached hydrogen (secondary N) is 1. The molecule has 2 heterocycles. The van der Waals surface area contributed by atoms with Crippen molar-refractivity contribution in [1.29, 1.82) is 0 Å². The number of piperazine rings is 1. The summed E-state index contributed by atoms with van der Waals surface area (Å²) in [4.78, 5) is 13.4. The molecule has 13 heteroatoms. The molecule has 1 unspecified atom stereocenters. The molecule has 0 aliphatic carbocycles. The van der Waals surface area contributed by atoms with E-state index in [0.29, 0.717) is 6.42 Å². The Labute approximate surface area is 121 Å². The van der Waals surface area contributed by atoms with Crippen LogP contribution in [0, 0.1) is 0 Å². The van der Waals surface area contributed by atoms with Gasteiger partial charge in [0.2, 0.25) is 0 Å². The number of rotatable bonds is 4. The molecule has 2 fully saturated rings. The van der Waals surface area contributed by atoms with Gasteiger partial charge in [-0.2, -0.15) is 26.2 Å². The summed E-state index contributed by atoms with van der Waals surface area (Å²) in [6, 6.07) is -1.06. The molecule has 0 aromatic rings. The predicted molar refractivity (Wildman–Crippen MR) is 67.4 cm³/mol. The molecule has 0 aromatic carbocycles. The van der Waals surface area contributed by atoms with Gasteiger partial charge in [0.25, 0.3) is 5.91 Å². The molecule has 3 atom stereocenters. The molecule has 122 valence electrons. The SMILES string of the molecule is O=C(NS(=O)(=O)O)[C@@H]1CC[C@@H]2CN1CCN2OS(=O)(=O)O. The second-order valence-corrected chi connectivity index (χ2v) is 6.99. The highest BCUT2D eigenvalue weighted by atomic mass is 32.3. The lowest BCUT2D eigenvalue weighted by atomic mass is 9.95. The highest BCUT2D eigenvalue weighted by Crippen LogP contribution is 2.26. The highest BCUT2D eigenvalue weighted by molar-refractivity contribution is 7.84. The predicted octanol–water partition coefficient (Wildman–Crippen LogP) is -2.21. The molecule has 11 nitrogen and oxygen atoms in total. The van der Waals surface area contributed by atoms with Gasteiger partial charge >= 0.3 is 20.7 Å². The second kappa shape index (κ2) is 5.75. The van der Waals surface area contributed by atoms with E-state index in [9.17, 15) is 21.6 Å². The lowest BCUT2D eigenvalue weighted by Crippen LogP contribution is -2.62. The molecular weight excluding hydrogens is 330 g/mol. The molecule has 21 heavy (non-hydrogen) atoms. The maximum absolute atomic E-state index is 11.8. The molecule has 0 spiro atoms. The van der Waals surface area contributed by atoms with Crippen molar-refractivity contribution < 1.29 is 35.0 Å². The maximum atomic E-state index is 11.8. The third-order valence-electron chi connectivity index (χ3n) is 3.40. The molecular formula is C8H15N3O8S2. The molecule has 2 rings (SSSR count). The topological polar surface area (TPSA) is 154 Å². The molecule has 0 saturated carbocycles. The standard InChI is InChI=1S/C8H15N3O8S2/c12-8(9-20(13,14)15)7-2-1-6-5-10(7)3-4-11(6)19-21(16,17)18/h6-7H,1-5H2,(H,9,12)(H,13,14,15)(H,16,17,18)/t6-,7+/m1/s1. The first kappa shape index (κ1) is 16.5. The first-order valence-electron chi connectivity index (χ1n) is 6.02. The zero-order valence-electron chi connectivity index (χ0n) is 10.7. The fraction of sp³-hybridized carbons (Fsp3) is 0.875. The number of piperidine rings is 1. The van der Waals surface area contributed by atoms with Crippen molar-refractivity contribution in [2.75, 3.05) is 19.6 Å². The summed E-state index contributed by atoms with van der Waals surface area (Å²) < 4.78 is 65.9. The van der Waals surface area contributed by atoms with E-state index in [1.807, 2.05) is 0 Å². The van der Waals surface area contributed by atoms with Crippen LogP contribution in [0.15, 0.2) is 0 Å². The fourth-order valence-electron chi connectivity index (χ4n) is 2.62. The van der Waals surface area contributed by atoms with Crippen LogP contribution < -0.4 is 4.72 Å². The van der Waals surface area contributed by atoms with Crippen molar-refractivity contribution in [2.45, 2.75) is 24.9 Å². The summed E-state index contributed by atoms with van der Waals surface area (Å²) in [6.07, 6.45) is 0.632. The average Bonchev–Trinajstić information content (AvgIpc) is 2.29. The van der Waals surface area contributed by atoms with Crippen molar-refractivity contribution in [3.63, 3.8) is 0 Å². The van der Waals surface area contributed by atoms with Crippen molar-refractivity contribution >= 4 is 26.6 Å². The molecule has 2 saturated heterocycles. The van der Waals surface area contributed by atoms with Crippen LogP contribution in [0.1, 0.15) is 12.8 Å². The summed E-state index contributed by atoms with van der Waals surface area (Å²) in [7, 11) is -9.21. The van der Waals surface area contributed by atoms with E-state index in [2.05, 4.69) is 4.28 Å². The van der Waals surface area contributed by atoms with Crippen LogP contribution in [0.4, 0.5) is 0 Å². The Hall–Kier alpha value is -0.830. The Morgan fingerprint density at radius 1 is 1.14 bits per heavy atom. The summed E-state index contributed by atoms with van der Waals surface area (Å²) in [5.41, 5.74) is 0. The van der Waals surface area contributed by atoms with Crippen molar-refractivity contribution in [2.24, 2.45) is 0 Å². The van der Waals surface area contributed by atoms with E-state index in [1.165, 1.54) is 4.72 Å². The van der Waals surface area contributed by atoms with Crippen LogP contribution in [-0.2, 0) is 29.8 Å². The highest BCUT2D eigenvalue weighted by Gasteiger charge is 2.41. The van der Waals surface area contributed by atoms with E-state index in [-0.39, 0.29) is 32.1 Å². The molecule has 3 N–H and O–H groups in total. The van der Waals surface area contributed by atoms with Gasteiger partial charge < -0.3 is 0 Å². The Morgan fingerprint density at radius 2 is 1.81 bits per heavy atom. The summed E-state index contributed by atoms with van der Waals surface area (Å²) >= 11 is 0. The molecule has 2 aliphatic rings. The zero-order chi connectivity index (χ0) is 15.8. The van der Waals surface area contributed by atoms with Crippen LogP contribution in [0.25, 0.3) is 0 Å². The molecule has 0 aromatic heterocycles. The summed E-state index contributed by atoms with van der Waals surface area (Å²) in [5, 5.41) is 1.13. The Balaban J connectivity index is 2.00. The Kier molecular flexibility index (Phi) is 4.53. The van der Waals surface area contributed by atoms with Crippen LogP contribution >= 0.6 is 0 Å². The van der Waals surface area contributed by atoms with Crippen LogP contribution in [0.3, 0.4) is 0 Å². The smallest absolute Gasteiger partial charge is 0.289 e. The zero-order valence-corrected chi connectivity index (χ0v) is 12.4. The van der Waals surface area contributed by atoms with Gasteiger partial charge in [0.15, 0.2) is 0 Å². The number of hydroxylamine groups is 2. The minimum atomic E-state index is -4.61. The molecule has 0 radical (unpaired) electrons. The van der Waals surface area contributed by atoms with Gasteiger partial charge in [0.1, 0.15) is 0 Å². The summed E-state index contributed by atoms with van der Waals surface area (Å²) in [5.74, 6) is -0.833. The van der Waals surface area contributed by atoms with Crippen LogP contribution in [0.5, 0.6) is 0 Å². The monoisotopic (exact) mass is 345 g/mol. The number of nitrogens with zero attached hydrogens (tertiary/aromatic N) is 2. The summed E-state index contributed by atoms with van der Waals surface area (Å²) in [6.45, 7) is 0.648. The van der Waals surface area contributed by atoms with Gasteiger partial charge in [-0.3, -0.25) is 18.8 Å². The third-order valence-corrected chi connectivity index (χ3v) is 4.24. The number of hydrogen-bond donors (Lipinski definition) is 3. The minimum absolute atomic E-state index is 0.125. The lowest BCUT2D eigenvalue weighted by Gasteiger charge is -2.46. The molecule has 1 amide bonds. The van der Waals surface area contributed by atoms with Gasteiger partial charge in [-0.1, -0.05) is 0 Å². The number of hydrogen-bond acceptors (Lipinski definition) is 8. The van der Waals surface area contributed by atoms with E-state index in [1.54, 1.807) is 4.90 Å². The normalized spacial score (nSPS) is 30.9. The van der Waals surface area contributed by atoms with E-state index >= 15 is 0 Å². The molecule has 2 aliphatic heterocycles. The van der Waals surface area contributed by atoms with E-state index in [0.717, 1.165) is 5.06 Å². The van der Waals surface area contributed by atoms with Gasteiger partial charge in [0.05, 0.1) is 6.04 Å². The first-order valence-corrected chi connectivity index (χ1v) is 8.82. The van der Waals surface area contributed by atoms with Crippen molar-refractivity contribution in [3.8, 4) is 0 Å². The number of carbonyl (C=O) groups excluding carboxylic acids is 1. The average molecular weight is 345 g/mol. The second-order valence-electron chi connectivity index (χ2n) is 4.83. The van der Waals surface area contributed by atoms with Gasteiger partial charge in [-0.15, -0.1) is 0 Å². The fourth-order valence-corrected chi connectivity index (χ4v) is 3.45. The van der Waals surface area contributed by atoms with E-state index < -0.39 is 32.7 Å². The number of amides is 1. The third kappa shape index (κ3) is 4.57. The number of fused-ring (bicyclic) bond motifs is 2. The quantitative estimate of drug-likeness (QED) is 0.478. The van der Waals surface area contributed by atoms with Crippen LogP contribution in [-0.4, -0.2) is 73.5 Å². The van der Waals surface area contributed by atoms with Crippen molar-refractivity contribution in [3.05, 3.63) is 0 Å². The largest absolute Gasteiger partial charge is 0.413 e.